The Labute approximate surface area is 245 Å². The quantitative estimate of drug-likeness (QED) is 0.149. The molecule has 0 aromatic carbocycles. The lowest BCUT2D eigenvalue weighted by Gasteiger charge is -2.25. The number of imidazole rings is 1. The number of nitrogens with two attached hydrogens (primary N) is 1. The molecule has 3 aliphatic rings. The molecule has 7 rings (SSSR count). The lowest BCUT2D eigenvalue weighted by molar-refractivity contribution is -0.0561. The van der Waals surface area contributed by atoms with Crippen LogP contribution in [0.3, 0.4) is 0 Å². The lowest BCUT2D eigenvalue weighted by Crippen LogP contribution is -2.35. The molecule has 1 aliphatic carbocycles. The van der Waals surface area contributed by atoms with E-state index in [0.717, 1.165) is 6.33 Å². The summed E-state index contributed by atoms with van der Waals surface area (Å²) in [7, 11) is -9.68. The summed E-state index contributed by atoms with van der Waals surface area (Å²) in [5, 5.41) is 18.4. The molecule has 21 nitrogen and oxygen atoms in total. The second kappa shape index (κ2) is 10.9. The van der Waals surface area contributed by atoms with Crippen LogP contribution in [0.2, 0.25) is 0 Å². The van der Waals surface area contributed by atoms with Crippen LogP contribution in [0.5, 0.6) is 0 Å². The minimum atomic E-state index is -4.92. The van der Waals surface area contributed by atoms with E-state index in [1.54, 1.807) is 12.3 Å². The Morgan fingerprint density at radius 1 is 1.07 bits per heavy atom. The third-order valence-electron chi connectivity index (χ3n) is 7.57. The molecule has 4 aromatic rings. The highest BCUT2D eigenvalue weighted by Gasteiger charge is 2.51. The summed E-state index contributed by atoms with van der Waals surface area (Å²) in [4.78, 5) is 52.2. The van der Waals surface area contributed by atoms with Gasteiger partial charge < -0.3 is 30.7 Å². The summed E-state index contributed by atoms with van der Waals surface area (Å²) in [5.41, 5.74) is 5.35. The maximum Gasteiger partial charge on any atom is 0.472 e. The van der Waals surface area contributed by atoms with Gasteiger partial charge in [0.05, 0.1) is 31.8 Å². The third-order valence-corrected chi connectivity index (χ3v) is 9.57. The molecule has 2 aliphatic heterocycles. The predicted molar refractivity (Wildman–Crippen MR) is 145 cm³/mol. The van der Waals surface area contributed by atoms with E-state index in [4.69, 9.17) is 28.6 Å². The van der Waals surface area contributed by atoms with Crippen molar-refractivity contribution >= 4 is 44.4 Å². The molecule has 23 heteroatoms. The number of nitrogens with zero attached hydrogens (tertiary/aromatic N) is 7. The minimum absolute atomic E-state index is 0.0759. The number of phosphoric ester groups is 2. The highest BCUT2D eigenvalue weighted by atomic mass is 31.2. The average Bonchev–Trinajstić information content (AvgIpc) is 3.73. The van der Waals surface area contributed by atoms with Gasteiger partial charge >= 0.3 is 15.6 Å². The van der Waals surface area contributed by atoms with Crippen LogP contribution in [0.15, 0.2) is 29.7 Å². The van der Waals surface area contributed by atoms with Crippen LogP contribution < -0.4 is 16.6 Å². The molecule has 0 radical (unpaired) electrons. The predicted octanol–water partition coefficient (Wildman–Crippen LogP) is -0.694. The van der Waals surface area contributed by atoms with Crippen LogP contribution in [0.4, 0.5) is 11.9 Å². The Hall–Kier alpha value is -3.36. The number of hydrogen-bond donors (Lipinski definition) is 6. The largest absolute Gasteiger partial charge is 0.472 e. The second-order valence-electron chi connectivity index (χ2n) is 10.4. The maximum absolute atomic E-state index is 13.2. The summed E-state index contributed by atoms with van der Waals surface area (Å²) in [5.74, 6) is -0.565. The number of aliphatic hydroxyl groups is 1. The van der Waals surface area contributed by atoms with E-state index in [1.807, 2.05) is 0 Å². The summed E-state index contributed by atoms with van der Waals surface area (Å²) in [6.45, 7) is -1.11. The number of aromatic amines is 1. The molecule has 1 saturated carbocycles. The van der Waals surface area contributed by atoms with Crippen LogP contribution in [-0.2, 0) is 32.0 Å². The summed E-state index contributed by atoms with van der Waals surface area (Å²) < 4.78 is 56.1. The first-order valence-electron chi connectivity index (χ1n) is 13.2. The Kier molecular flexibility index (Phi) is 7.28. The molecule has 2 unspecified atom stereocenters. The van der Waals surface area contributed by atoms with Crippen molar-refractivity contribution in [1.29, 1.82) is 0 Å². The van der Waals surface area contributed by atoms with E-state index >= 15 is 0 Å². The van der Waals surface area contributed by atoms with Gasteiger partial charge in [-0.1, -0.05) is 0 Å². The summed E-state index contributed by atoms with van der Waals surface area (Å²) >= 11 is 0. The first-order valence-corrected chi connectivity index (χ1v) is 16.2. The second-order valence-corrected chi connectivity index (χ2v) is 13.3. The highest BCUT2D eigenvalue weighted by Crippen LogP contribution is 2.54. The molecule has 6 heterocycles. The number of ether oxygens (including phenoxy) is 1. The van der Waals surface area contributed by atoms with Crippen LogP contribution in [-0.4, -0.2) is 97.7 Å². The number of anilines is 2. The molecule has 2 bridgehead atoms. The van der Waals surface area contributed by atoms with E-state index in [9.17, 15) is 28.8 Å². The first-order chi connectivity index (χ1) is 21.0. The van der Waals surface area contributed by atoms with Gasteiger partial charge in [0.1, 0.15) is 24.6 Å². The number of rotatable bonds is 3. The van der Waals surface area contributed by atoms with Crippen molar-refractivity contribution in [2.45, 2.75) is 49.5 Å². The van der Waals surface area contributed by atoms with Crippen molar-refractivity contribution < 1.29 is 46.9 Å². The number of phosphoric acid groups is 2. The van der Waals surface area contributed by atoms with Gasteiger partial charge in [-0.2, -0.15) is 14.6 Å². The maximum atomic E-state index is 13.2. The van der Waals surface area contributed by atoms with Crippen molar-refractivity contribution in [2.24, 2.45) is 5.92 Å². The summed E-state index contributed by atoms with van der Waals surface area (Å²) in [6, 6.07) is 1.30. The Bertz CT molecular complexity index is 1870. The zero-order valence-corrected chi connectivity index (χ0v) is 24.2. The van der Waals surface area contributed by atoms with Crippen molar-refractivity contribution in [1.82, 2.24) is 39.1 Å². The van der Waals surface area contributed by atoms with E-state index in [0.29, 0.717) is 11.6 Å². The van der Waals surface area contributed by atoms with Crippen LogP contribution in [0, 0.1) is 5.92 Å². The Balaban J connectivity index is 1.15. The zero-order chi connectivity index (χ0) is 30.8. The van der Waals surface area contributed by atoms with Gasteiger partial charge in [0, 0.05) is 18.0 Å². The number of aromatic nitrogens is 8. The Morgan fingerprint density at radius 2 is 1.86 bits per heavy atom. The van der Waals surface area contributed by atoms with Crippen molar-refractivity contribution in [2.75, 3.05) is 24.3 Å². The van der Waals surface area contributed by atoms with Crippen LogP contribution in [0.1, 0.15) is 19.1 Å². The highest BCUT2D eigenvalue weighted by molar-refractivity contribution is 7.47. The van der Waals surface area contributed by atoms with Gasteiger partial charge in [-0.05, 0) is 12.8 Å². The van der Waals surface area contributed by atoms with E-state index < -0.39 is 71.0 Å². The van der Waals surface area contributed by atoms with Crippen LogP contribution >= 0.6 is 15.6 Å². The SMILES string of the molecule is Nc1nc2c(ncn2[C@@H]2O[C@@H]3COP(=O)(O)O[C@H]4C[C@H](Nc5ncnc6ccnn56)C[C@@H]4COP(=O)(O)O[C@@H]2[C@@H]3O)c(=O)[nH]1. The fraction of sp³-hybridized carbons (Fsp3) is 0.524. The normalized spacial score (nSPS) is 36.5. The van der Waals surface area contributed by atoms with Crippen molar-refractivity contribution in [3.8, 4) is 0 Å². The number of nitrogen functional groups attached to an aromatic ring is 1. The average molecular weight is 656 g/mol. The number of nitrogens with one attached hydrogen (secondary N) is 2. The molecule has 0 spiro atoms. The number of fused-ring (bicyclic) bond motifs is 5. The van der Waals surface area contributed by atoms with E-state index in [-0.39, 0.29) is 36.0 Å². The molecule has 0 amide bonds. The molecule has 3 fully saturated rings. The number of H-pyrrole nitrogens is 1. The van der Waals surface area contributed by atoms with E-state index in [1.165, 1.54) is 15.4 Å². The summed E-state index contributed by atoms with van der Waals surface area (Å²) in [6.07, 6.45) is -2.55. The fourth-order valence-corrected chi connectivity index (χ4v) is 7.58. The zero-order valence-electron chi connectivity index (χ0n) is 22.4. The molecule has 44 heavy (non-hydrogen) atoms. The molecular weight excluding hydrogens is 630 g/mol. The van der Waals surface area contributed by atoms with Gasteiger partial charge in [-0.15, -0.1) is 0 Å². The van der Waals surface area contributed by atoms with Crippen LogP contribution in [0.25, 0.3) is 16.8 Å². The fourth-order valence-electron chi connectivity index (χ4n) is 5.61. The molecule has 2 saturated heterocycles. The molecule has 4 aromatic heterocycles. The number of aliphatic hydroxyl groups excluding tert-OH is 1. The standard InChI is InChI=1S/C21H26N10O11P2/c22-20-28-17-14(18(33)29-20)25-8-30(17)19-16-15(32)12(40-19)6-39-43(34,35)41-11-4-10(3-9(11)5-38-44(36,37)42-16)27-21-24-7-23-13-1-2-26-31(13)21/h1-2,7-12,15-16,19,32H,3-6H2,(H,34,35)(H,36,37)(H,23,24,27)(H3,22,28,29,33)/t9-,10-,11+,12-,15-,16-,19-/m1/s1. The molecular formula is C21H26N10O11P2. The molecule has 9 atom stereocenters. The van der Waals surface area contributed by atoms with Gasteiger partial charge in [-0.3, -0.25) is 32.4 Å². The lowest BCUT2D eigenvalue weighted by atomic mass is 10.1. The monoisotopic (exact) mass is 656 g/mol. The smallest absolute Gasteiger partial charge is 0.387 e. The minimum Gasteiger partial charge on any atom is -0.387 e. The number of hydrogen-bond acceptors (Lipinski definition) is 16. The Morgan fingerprint density at radius 3 is 2.70 bits per heavy atom. The van der Waals surface area contributed by atoms with Gasteiger partial charge in [0.2, 0.25) is 11.9 Å². The topological polar surface area (TPSA) is 286 Å². The van der Waals surface area contributed by atoms with Crippen molar-refractivity contribution in [3.05, 3.63) is 35.3 Å². The molecule has 236 valence electrons. The van der Waals surface area contributed by atoms with Gasteiger partial charge in [-0.25, -0.2) is 24.1 Å². The van der Waals surface area contributed by atoms with Gasteiger partial charge in [0.25, 0.3) is 5.56 Å². The molecule has 7 N–H and O–H groups in total. The first kappa shape index (κ1) is 29.4. The van der Waals surface area contributed by atoms with Gasteiger partial charge in [0.15, 0.2) is 23.0 Å². The van der Waals surface area contributed by atoms with E-state index in [2.05, 4.69) is 35.3 Å². The van der Waals surface area contributed by atoms with Crippen molar-refractivity contribution in [3.63, 3.8) is 0 Å². The third kappa shape index (κ3) is 5.51.